The van der Waals surface area contributed by atoms with E-state index in [9.17, 15) is 9.59 Å². The normalized spacial score (nSPS) is 9.56. The first kappa shape index (κ1) is 12.4. The van der Waals surface area contributed by atoms with Gasteiger partial charge in [0.25, 0.3) is 0 Å². The number of carbonyl (C=O) groups is 2. The zero-order chi connectivity index (χ0) is 12.0. The lowest BCUT2D eigenvalue weighted by Crippen LogP contribution is -2.23. The molecule has 6 heteroatoms. The number of amides is 1. The number of carbonyl (C=O) groups excluding carboxylic acids is 1. The molecule has 5 nitrogen and oxygen atoms in total. The molecule has 0 heterocycles. The maximum Gasteiger partial charge on any atom is 0.422 e. The van der Waals surface area contributed by atoms with E-state index >= 15 is 0 Å². The van der Waals surface area contributed by atoms with Gasteiger partial charge in [-0.15, -0.1) is 0 Å². The van der Waals surface area contributed by atoms with Gasteiger partial charge in [-0.1, -0.05) is 18.2 Å². The molecule has 0 saturated carbocycles. The van der Waals surface area contributed by atoms with Gasteiger partial charge in [0.15, 0.2) is 0 Å². The molecule has 1 amide bonds. The monoisotopic (exact) mass is 241 g/mol. The summed E-state index contributed by atoms with van der Waals surface area (Å²) < 4.78 is 5.52. The van der Waals surface area contributed by atoms with Crippen molar-refractivity contribution in [3.8, 4) is 0 Å². The highest BCUT2D eigenvalue weighted by molar-refractivity contribution is 8.15. The Morgan fingerprint density at radius 2 is 2.00 bits per heavy atom. The van der Waals surface area contributed by atoms with Crippen LogP contribution in [-0.4, -0.2) is 23.1 Å². The second-order valence-electron chi connectivity index (χ2n) is 2.69. The van der Waals surface area contributed by atoms with Crippen LogP contribution in [0.1, 0.15) is 6.92 Å². The Morgan fingerprint density at radius 1 is 1.38 bits per heavy atom. The largest absolute Gasteiger partial charge is 0.464 e. The summed E-state index contributed by atoms with van der Waals surface area (Å²) in [6.07, 6.45) is -1.22. The fourth-order valence-corrected chi connectivity index (χ4v) is 1.61. The summed E-state index contributed by atoms with van der Waals surface area (Å²) in [5, 5.41) is 8.30. The Labute approximate surface area is 97.1 Å². The quantitative estimate of drug-likeness (QED) is 0.636. The minimum absolute atomic E-state index is 0.216. The zero-order valence-corrected chi connectivity index (χ0v) is 9.44. The highest BCUT2D eigenvalue weighted by Gasteiger charge is 2.20. The topological polar surface area (TPSA) is 66.8 Å². The second-order valence-corrected chi connectivity index (χ2v) is 3.57. The summed E-state index contributed by atoms with van der Waals surface area (Å²) in [5.41, 5.74) is 0.410. The van der Waals surface area contributed by atoms with Gasteiger partial charge in [-0.3, -0.25) is 0 Å². The van der Waals surface area contributed by atoms with Crippen LogP contribution in [-0.2, 0) is 4.74 Å². The third-order valence-corrected chi connectivity index (χ3v) is 2.41. The summed E-state index contributed by atoms with van der Waals surface area (Å²) >= 11 is 0.503. The molecule has 0 bridgehead atoms. The fraction of sp³-hybridized carbons (Fsp3) is 0.200. The average Bonchev–Trinajstić information content (AvgIpc) is 2.27. The van der Waals surface area contributed by atoms with E-state index in [0.717, 1.165) is 4.31 Å². The standard InChI is InChI=1S/C10H11NO4S/c1-2-15-10(14)16-11(9(12)13)8-6-4-3-5-7-8/h3-7H,2H2,1H3,(H,12,13). The van der Waals surface area contributed by atoms with E-state index in [1.54, 1.807) is 37.3 Å². The molecule has 0 aromatic heterocycles. The summed E-state index contributed by atoms with van der Waals surface area (Å²) in [4.78, 5) is 22.1. The Bertz CT molecular complexity index is 368. The van der Waals surface area contributed by atoms with Gasteiger partial charge in [0.05, 0.1) is 24.2 Å². The first-order chi connectivity index (χ1) is 7.65. The van der Waals surface area contributed by atoms with Crippen LogP contribution in [0.2, 0.25) is 0 Å². The lowest BCUT2D eigenvalue weighted by molar-refractivity contribution is 0.181. The molecule has 0 radical (unpaired) electrons. The van der Waals surface area contributed by atoms with Gasteiger partial charge in [0.1, 0.15) is 0 Å². The molecule has 0 atom stereocenters. The summed E-state index contributed by atoms with van der Waals surface area (Å²) in [6.45, 7) is 1.88. The number of carboxylic acid groups (broad SMARTS) is 1. The van der Waals surface area contributed by atoms with Gasteiger partial charge in [-0.2, -0.15) is 0 Å². The molecular formula is C10H11NO4S. The van der Waals surface area contributed by atoms with Crippen molar-refractivity contribution in [3.63, 3.8) is 0 Å². The second kappa shape index (κ2) is 6.02. The number of para-hydroxylation sites is 1. The van der Waals surface area contributed by atoms with E-state index in [1.807, 2.05) is 0 Å². The van der Waals surface area contributed by atoms with Crippen LogP contribution >= 0.6 is 11.9 Å². The Morgan fingerprint density at radius 3 is 2.50 bits per heavy atom. The van der Waals surface area contributed by atoms with Gasteiger partial charge < -0.3 is 9.84 Å². The van der Waals surface area contributed by atoms with Crippen molar-refractivity contribution in [2.24, 2.45) is 0 Å². The number of hydrogen-bond donors (Lipinski definition) is 1. The van der Waals surface area contributed by atoms with Crippen molar-refractivity contribution < 1.29 is 19.4 Å². The summed E-state index contributed by atoms with van der Waals surface area (Å²) in [5.74, 6) is 0. The lowest BCUT2D eigenvalue weighted by atomic mass is 10.3. The minimum atomic E-state index is -1.22. The van der Waals surface area contributed by atoms with E-state index in [4.69, 9.17) is 5.11 Å². The van der Waals surface area contributed by atoms with Crippen molar-refractivity contribution in [2.75, 3.05) is 10.9 Å². The fourth-order valence-electron chi connectivity index (χ4n) is 0.984. The molecule has 0 aliphatic carbocycles. The molecule has 1 aromatic carbocycles. The van der Waals surface area contributed by atoms with Crippen LogP contribution in [0.15, 0.2) is 30.3 Å². The van der Waals surface area contributed by atoms with E-state index in [2.05, 4.69) is 4.74 Å². The van der Waals surface area contributed by atoms with Crippen LogP contribution < -0.4 is 4.31 Å². The van der Waals surface area contributed by atoms with Gasteiger partial charge in [0.2, 0.25) is 0 Å². The highest BCUT2D eigenvalue weighted by atomic mass is 32.2. The van der Waals surface area contributed by atoms with Crippen LogP contribution in [0, 0.1) is 0 Å². The molecule has 0 saturated heterocycles. The molecule has 0 fully saturated rings. The Hall–Kier alpha value is -1.69. The zero-order valence-electron chi connectivity index (χ0n) is 8.62. The van der Waals surface area contributed by atoms with Crippen LogP contribution in [0.4, 0.5) is 15.3 Å². The first-order valence-electron chi connectivity index (χ1n) is 4.58. The van der Waals surface area contributed by atoms with Crippen molar-refractivity contribution in [3.05, 3.63) is 30.3 Å². The van der Waals surface area contributed by atoms with E-state index in [1.165, 1.54) is 0 Å². The lowest BCUT2D eigenvalue weighted by Gasteiger charge is -2.15. The van der Waals surface area contributed by atoms with Crippen molar-refractivity contribution in [2.45, 2.75) is 6.92 Å². The average molecular weight is 241 g/mol. The Balaban J connectivity index is 2.77. The number of nitrogens with zero attached hydrogens (tertiary/aromatic N) is 1. The van der Waals surface area contributed by atoms with E-state index in [-0.39, 0.29) is 6.61 Å². The van der Waals surface area contributed by atoms with E-state index in [0.29, 0.717) is 17.6 Å². The first-order valence-corrected chi connectivity index (χ1v) is 5.35. The molecule has 0 aliphatic heterocycles. The number of hydrogen-bond acceptors (Lipinski definition) is 4. The summed E-state index contributed by atoms with van der Waals surface area (Å²) in [6, 6.07) is 8.34. The maximum atomic E-state index is 11.2. The molecule has 1 N–H and O–H groups in total. The predicted molar refractivity (Wildman–Crippen MR) is 61.6 cm³/mol. The summed E-state index contributed by atoms with van der Waals surface area (Å²) in [7, 11) is 0. The smallest absolute Gasteiger partial charge is 0.422 e. The van der Waals surface area contributed by atoms with Gasteiger partial charge in [-0.05, 0) is 19.1 Å². The third-order valence-electron chi connectivity index (χ3n) is 1.59. The van der Waals surface area contributed by atoms with Crippen LogP contribution in [0.3, 0.4) is 0 Å². The van der Waals surface area contributed by atoms with Gasteiger partial charge >= 0.3 is 11.4 Å². The maximum absolute atomic E-state index is 11.2. The van der Waals surface area contributed by atoms with E-state index < -0.39 is 11.4 Å². The molecule has 1 aromatic rings. The predicted octanol–water partition coefficient (Wildman–Crippen LogP) is 2.98. The molecule has 0 unspecified atom stereocenters. The number of rotatable bonds is 2. The molecule has 1 rings (SSSR count). The third kappa shape index (κ3) is 3.47. The molecular weight excluding hydrogens is 230 g/mol. The van der Waals surface area contributed by atoms with Gasteiger partial charge in [-0.25, -0.2) is 13.9 Å². The Kier molecular flexibility index (Phi) is 4.65. The number of anilines is 1. The van der Waals surface area contributed by atoms with Crippen molar-refractivity contribution in [1.82, 2.24) is 0 Å². The van der Waals surface area contributed by atoms with Crippen LogP contribution in [0.5, 0.6) is 0 Å². The van der Waals surface area contributed by atoms with Gasteiger partial charge in [0, 0.05) is 0 Å². The van der Waals surface area contributed by atoms with Crippen molar-refractivity contribution >= 4 is 29.0 Å². The highest BCUT2D eigenvalue weighted by Crippen LogP contribution is 2.23. The molecule has 0 aliphatic rings. The molecule has 16 heavy (non-hydrogen) atoms. The number of benzene rings is 1. The molecule has 0 spiro atoms. The molecule has 86 valence electrons. The van der Waals surface area contributed by atoms with Crippen molar-refractivity contribution in [1.29, 1.82) is 0 Å². The van der Waals surface area contributed by atoms with Crippen LogP contribution in [0.25, 0.3) is 0 Å². The number of ether oxygens (including phenoxy) is 1. The SMILES string of the molecule is CCOC(=O)SN(C(=O)O)c1ccccc1. The minimum Gasteiger partial charge on any atom is -0.464 e.